The maximum atomic E-state index is 10.9. The molecule has 0 N–H and O–H groups in total. The lowest BCUT2D eigenvalue weighted by Gasteiger charge is -2.41. The number of esters is 1. The highest BCUT2D eigenvalue weighted by Crippen LogP contribution is 2.41. The highest BCUT2D eigenvalue weighted by Gasteiger charge is 2.38. The summed E-state index contributed by atoms with van der Waals surface area (Å²) >= 11 is 0. The molecule has 14 heavy (non-hydrogen) atoms. The highest BCUT2D eigenvalue weighted by atomic mass is 16.5. The van der Waals surface area contributed by atoms with Gasteiger partial charge in [0.25, 0.3) is 0 Å². The summed E-state index contributed by atoms with van der Waals surface area (Å²) < 4.78 is 5.29. The first kappa shape index (κ1) is 11.3. The number of rotatable bonds is 2. The number of hydrogen-bond donors (Lipinski definition) is 0. The van der Waals surface area contributed by atoms with Crippen molar-refractivity contribution in [2.24, 2.45) is 11.3 Å². The van der Waals surface area contributed by atoms with E-state index in [1.165, 1.54) is 6.92 Å². The third-order valence-electron chi connectivity index (χ3n) is 3.61. The SMILES string of the molecule is CC(=O)OC(C)[C@]1(C)CC=CC[C@@H]1C. The average Bonchev–Trinajstić information content (AvgIpc) is 2.09. The van der Waals surface area contributed by atoms with Crippen LogP contribution in [0.3, 0.4) is 0 Å². The Bertz CT molecular complexity index is 245. The van der Waals surface area contributed by atoms with E-state index in [1.807, 2.05) is 6.92 Å². The first-order valence-corrected chi connectivity index (χ1v) is 5.29. The zero-order chi connectivity index (χ0) is 10.8. The monoisotopic (exact) mass is 196 g/mol. The molecule has 0 saturated heterocycles. The molecule has 0 aliphatic heterocycles. The molecule has 80 valence electrons. The van der Waals surface area contributed by atoms with Crippen LogP contribution in [0.2, 0.25) is 0 Å². The molecular weight excluding hydrogens is 176 g/mol. The smallest absolute Gasteiger partial charge is 0.302 e. The minimum absolute atomic E-state index is 0.0000463. The van der Waals surface area contributed by atoms with Crippen molar-refractivity contribution < 1.29 is 9.53 Å². The molecule has 0 saturated carbocycles. The summed E-state index contributed by atoms with van der Waals surface area (Å²) in [5.41, 5.74) is 0.0976. The second-order valence-electron chi connectivity index (χ2n) is 4.57. The van der Waals surface area contributed by atoms with Crippen molar-refractivity contribution in [2.45, 2.75) is 46.6 Å². The Hall–Kier alpha value is -0.790. The Balaban J connectivity index is 2.72. The summed E-state index contributed by atoms with van der Waals surface area (Å²) in [4.78, 5) is 10.9. The standard InChI is InChI=1S/C12H20O2/c1-9-7-5-6-8-12(9,4)10(2)14-11(3)13/h5-6,9-10H,7-8H2,1-4H3/t9-,10?,12+/m0/s1. The van der Waals surface area contributed by atoms with Crippen LogP contribution in [-0.2, 0) is 9.53 Å². The fourth-order valence-electron chi connectivity index (χ4n) is 2.06. The van der Waals surface area contributed by atoms with Crippen molar-refractivity contribution in [3.8, 4) is 0 Å². The van der Waals surface area contributed by atoms with Crippen LogP contribution in [-0.4, -0.2) is 12.1 Å². The summed E-state index contributed by atoms with van der Waals surface area (Å²) in [6.07, 6.45) is 6.50. The molecule has 1 aliphatic carbocycles. The van der Waals surface area contributed by atoms with Gasteiger partial charge in [0.05, 0.1) is 0 Å². The third kappa shape index (κ3) is 2.17. The molecule has 0 spiro atoms. The van der Waals surface area contributed by atoms with Crippen molar-refractivity contribution in [1.29, 1.82) is 0 Å². The Kier molecular flexibility index (Phi) is 3.35. The molecule has 0 aromatic rings. The van der Waals surface area contributed by atoms with Crippen molar-refractivity contribution in [3.63, 3.8) is 0 Å². The van der Waals surface area contributed by atoms with Crippen LogP contribution in [0.25, 0.3) is 0 Å². The van der Waals surface area contributed by atoms with Crippen LogP contribution >= 0.6 is 0 Å². The van der Waals surface area contributed by atoms with Gasteiger partial charge in [-0.2, -0.15) is 0 Å². The molecule has 3 atom stereocenters. The van der Waals surface area contributed by atoms with E-state index in [2.05, 4.69) is 26.0 Å². The van der Waals surface area contributed by atoms with E-state index < -0.39 is 0 Å². The normalized spacial score (nSPS) is 33.9. The molecule has 0 heterocycles. The van der Waals surface area contributed by atoms with Gasteiger partial charge in [-0.15, -0.1) is 0 Å². The minimum atomic E-state index is -0.180. The van der Waals surface area contributed by atoms with Crippen LogP contribution in [0, 0.1) is 11.3 Å². The van der Waals surface area contributed by atoms with E-state index in [0.717, 1.165) is 12.8 Å². The predicted octanol–water partition coefficient (Wildman–Crippen LogP) is 2.93. The van der Waals surface area contributed by atoms with E-state index in [0.29, 0.717) is 5.92 Å². The first-order chi connectivity index (χ1) is 6.47. The van der Waals surface area contributed by atoms with Gasteiger partial charge in [-0.1, -0.05) is 26.0 Å². The van der Waals surface area contributed by atoms with Crippen molar-refractivity contribution in [3.05, 3.63) is 12.2 Å². The van der Waals surface area contributed by atoms with Crippen LogP contribution in [0.15, 0.2) is 12.2 Å². The van der Waals surface area contributed by atoms with Gasteiger partial charge in [0, 0.05) is 12.3 Å². The second kappa shape index (κ2) is 4.16. The highest BCUT2D eigenvalue weighted by molar-refractivity contribution is 5.66. The van der Waals surface area contributed by atoms with Gasteiger partial charge in [0.2, 0.25) is 0 Å². The van der Waals surface area contributed by atoms with E-state index in [-0.39, 0.29) is 17.5 Å². The van der Waals surface area contributed by atoms with E-state index in [9.17, 15) is 4.79 Å². The number of allylic oxidation sites excluding steroid dienone is 2. The number of carbonyl (C=O) groups excluding carboxylic acids is 1. The lowest BCUT2D eigenvalue weighted by Crippen LogP contribution is -2.39. The quantitative estimate of drug-likeness (QED) is 0.501. The van der Waals surface area contributed by atoms with Crippen molar-refractivity contribution in [2.75, 3.05) is 0 Å². The van der Waals surface area contributed by atoms with Gasteiger partial charge in [0.15, 0.2) is 0 Å². The summed E-state index contributed by atoms with van der Waals surface area (Å²) in [7, 11) is 0. The van der Waals surface area contributed by atoms with Gasteiger partial charge in [-0.25, -0.2) is 0 Å². The molecule has 1 aliphatic rings. The Labute approximate surface area is 86.3 Å². The molecule has 0 aromatic carbocycles. The fraction of sp³-hybridized carbons (Fsp3) is 0.750. The average molecular weight is 196 g/mol. The van der Waals surface area contributed by atoms with E-state index in [4.69, 9.17) is 4.74 Å². The molecule has 2 heteroatoms. The Morgan fingerprint density at radius 2 is 2.21 bits per heavy atom. The molecule has 0 bridgehead atoms. The van der Waals surface area contributed by atoms with Gasteiger partial charge in [-0.05, 0) is 25.7 Å². The molecule has 0 aromatic heterocycles. The Morgan fingerprint density at radius 3 is 2.71 bits per heavy atom. The van der Waals surface area contributed by atoms with Gasteiger partial charge in [-0.3, -0.25) is 4.79 Å². The van der Waals surface area contributed by atoms with E-state index >= 15 is 0 Å². The molecular formula is C12H20O2. The van der Waals surface area contributed by atoms with Gasteiger partial charge in [0.1, 0.15) is 6.10 Å². The summed E-state index contributed by atoms with van der Waals surface area (Å²) in [6, 6.07) is 0. The van der Waals surface area contributed by atoms with Crippen LogP contribution in [0.5, 0.6) is 0 Å². The summed E-state index contributed by atoms with van der Waals surface area (Å²) in [5, 5.41) is 0. The maximum absolute atomic E-state index is 10.9. The van der Waals surface area contributed by atoms with Crippen molar-refractivity contribution in [1.82, 2.24) is 0 Å². The largest absolute Gasteiger partial charge is 0.462 e. The van der Waals surface area contributed by atoms with Gasteiger partial charge >= 0.3 is 5.97 Å². The fourth-order valence-corrected chi connectivity index (χ4v) is 2.06. The number of hydrogen-bond acceptors (Lipinski definition) is 2. The van der Waals surface area contributed by atoms with E-state index in [1.54, 1.807) is 0 Å². The second-order valence-corrected chi connectivity index (χ2v) is 4.57. The predicted molar refractivity (Wildman–Crippen MR) is 56.9 cm³/mol. The number of ether oxygens (including phenoxy) is 1. The molecule has 1 unspecified atom stereocenters. The Morgan fingerprint density at radius 1 is 1.57 bits per heavy atom. The first-order valence-electron chi connectivity index (χ1n) is 5.29. The lowest BCUT2D eigenvalue weighted by molar-refractivity contribution is -0.154. The lowest BCUT2D eigenvalue weighted by atomic mass is 9.68. The summed E-state index contributed by atoms with van der Waals surface area (Å²) in [6.45, 7) is 7.90. The number of carbonyl (C=O) groups is 1. The van der Waals surface area contributed by atoms with Crippen molar-refractivity contribution >= 4 is 5.97 Å². The van der Waals surface area contributed by atoms with Crippen LogP contribution in [0.4, 0.5) is 0 Å². The summed E-state index contributed by atoms with van der Waals surface area (Å²) in [5.74, 6) is 0.391. The van der Waals surface area contributed by atoms with Crippen LogP contribution < -0.4 is 0 Å². The zero-order valence-corrected chi connectivity index (χ0v) is 9.54. The maximum Gasteiger partial charge on any atom is 0.302 e. The van der Waals surface area contributed by atoms with Crippen LogP contribution in [0.1, 0.15) is 40.5 Å². The van der Waals surface area contributed by atoms with Gasteiger partial charge < -0.3 is 4.74 Å². The topological polar surface area (TPSA) is 26.3 Å². The molecule has 0 amide bonds. The molecule has 0 radical (unpaired) electrons. The minimum Gasteiger partial charge on any atom is -0.462 e. The molecule has 0 fully saturated rings. The molecule has 1 rings (SSSR count). The zero-order valence-electron chi connectivity index (χ0n) is 9.54. The molecule has 2 nitrogen and oxygen atoms in total. The third-order valence-corrected chi connectivity index (χ3v) is 3.61.